The molecule has 0 radical (unpaired) electrons. The normalized spacial score (nSPS) is 16.1. The number of hydrogen-bond donors (Lipinski definition) is 0. The summed E-state index contributed by atoms with van der Waals surface area (Å²) in [7, 11) is 4.13. The van der Waals surface area contributed by atoms with Crippen LogP contribution in [0.5, 0.6) is 0 Å². The Morgan fingerprint density at radius 1 is 0.966 bits per heavy atom. The van der Waals surface area contributed by atoms with Crippen LogP contribution in [-0.4, -0.2) is 43.0 Å². The molecule has 1 aliphatic carbocycles. The number of hydrogen-bond acceptors (Lipinski definition) is 4. The van der Waals surface area contributed by atoms with Crippen molar-refractivity contribution >= 4 is 16.5 Å². The van der Waals surface area contributed by atoms with Crippen LogP contribution in [0.25, 0.3) is 27.6 Å². The quantitative estimate of drug-likeness (QED) is 0.534. The maximum absolute atomic E-state index is 4.81. The molecule has 0 saturated carbocycles. The van der Waals surface area contributed by atoms with Gasteiger partial charge in [0.1, 0.15) is 0 Å². The summed E-state index contributed by atoms with van der Waals surface area (Å²) in [6.45, 7) is 2.91. The van der Waals surface area contributed by atoms with Crippen molar-refractivity contribution in [2.45, 2.75) is 19.5 Å². The van der Waals surface area contributed by atoms with Gasteiger partial charge in [-0.05, 0) is 36.4 Å². The molecule has 1 aliphatic heterocycles. The largest absolute Gasteiger partial charge is 0.299 e. The van der Waals surface area contributed by atoms with Crippen molar-refractivity contribution in [2.24, 2.45) is 7.05 Å². The standard InChI is InChI=1S/C23H22N6/c1-27-7-8-29-23(14-27)20(12-25-29)16-10-19-18(4-6-22(19)24-11-16)15-3-5-21-17(9-15)13-28(2)26-21/h3-5,9-13H,6-8,14H2,1-2H3. The molecule has 0 saturated heterocycles. The van der Waals surface area contributed by atoms with Crippen molar-refractivity contribution in [3.63, 3.8) is 0 Å². The lowest BCUT2D eigenvalue weighted by Crippen LogP contribution is -2.30. The van der Waals surface area contributed by atoms with E-state index in [0.717, 1.165) is 48.2 Å². The Labute approximate surface area is 169 Å². The molecule has 2 aliphatic rings. The van der Waals surface area contributed by atoms with E-state index >= 15 is 0 Å². The van der Waals surface area contributed by atoms with E-state index in [2.05, 4.69) is 63.4 Å². The van der Waals surface area contributed by atoms with Crippen LogP contribution in [0.1, 0.15) is 22.5 Å². The van der Waals surface area contributed by atoms with E-state index in [1.807, 2.05) is 24.1 Å². The number of fused-ring (bicyclic) bond motifs is 3. The third-order valence-corrected chi connectivity index (χ3v) is 6.06. The molecule has 0 bridgehead atoms. The number of pyridine rings is 1. The van der Waals surface area contributed by atoms with Gasteiger partial charge in [0.15, 0.2) is 0 Å². The molecule has 4 heterocycles. The lowest BCUT2D eigenvalue weighted by atomic mass is 9.97. The minimum atomic E-state index is 0.880. The topological polar surface area (TPSA) is 51.8 Å². The number of allylic oxidation sites excluding steroid dienone is 1. The summed E-state index contributed by atoms with van der Waals surface area (Å²) in [4.78, 5) is 7.15. The fourth-order valence-electron chi connectivity index (χ4n) is 4.55. The van der Waals surface area contributed by atoms with Gasteiger partial charge in [-0.3, -0.25) is 19.2 Å². The van der Waals surface area contributed by atoms with Gasteiger partial charge in [0.05, 0.1) is 29.6 Å². The highest BCUT2D eigenvalue weighted by Crippen LogP contribution is 2.36. The lowest BCUT2D eigenvalue weighted by molar-refractivity contribution is 0.259. The van der Waals surface area contributed by atoms with E-state index in [1.165, 1.54) is 28.0 Å². The summed E-state index contributed by atoms with van der Waals surface area (Å²) in [5, 5.41) is 10.3. The highest BCUT2D eigenvalue weighted by atomic mass is 15.3. The fraction of sp³-hybridized carbons (Fsp3) is 0.261. The Morgan fingerprint density at radius 2 is 1.90 bits per heavy atom. The Hall–Kier alpha value is -3.25. The first kappa shape index (κ1) is 16.7. The van der Waals surface area contributed by atoms with Crippen molar-refractivity contribution < 1.29 is 0 Å². The van der Waals surface area contributed by atoms with E-state index in [-0.39, 0.29) is 0 Å². The number of likely N-dealkylation sites (N-methyl/N-ethyl adjacent to an activating group) is 1. The highest BCUT2D eigenvalue weighted by Gasteiger charge is 2.22. The summed E-state index contributed by atoms with van der Waals surface area (Å²) < 4.78 is 4.00. The molecule has 0 spiro atoms. The highest BCUT2D eigenvalue weighted by molar-refractivity contribution is 5.90. The van der Waals surface area contributed by atoms with Crippen molar-refractivity contribution in [3.8, 4) is 11.1 Å². The number of rotatable bonds is 2. The van der Waals surface area contributed by atoms with Crippen LogP contribution in [0.2, 0.25) is 0 Å². The van der Waals surface area contributed by atoms with Crippen molar-refractivity contribution in [3.05, 3.63) is 71.4 Å². The summed E-state index contributed by atoms with van der Waals surface area (Å²) in [5.41, 5.74) is 9.51. The number of benzene rings is 1. The molecule has 0 atom stereocenters. The van der Waals surface area contributed by atoms with Gasteiger partial charge in [-0.2, -0.15) is 10.2 Å². The second kappa shape index (κ2) is 6.12. The van der Waals surface area contributed by atoms with Crippen molar-refractivity contribution in [1.29, 1.82) is 0 Å². The first-order chi connectivity index (χ1) is 14.2. The summed E-state index contributed by atoms with van der Waals surface area (Å²) in [5.74, 6) is 0. The summed E-state index contributed by atoms with van der Waals surface area (Å²) in [6, 6.07) is 8.79. The van der Waals surface area contributed by atoms with Crippen LogP contribution in [0.15, 0.2) is 48.9 Å². The van der Waals surface area contributed by atoms with Crippen LogP contribution in [0.4, 0.5) is 0 Å². The van der Waals surface area contributed by atoms with E-state index < -0.39 is 0 Å². The predicted molar refractivity (Wildman–Crippen MR) is 113 cm³/mol. The molecule has 0 unspecified atom stereocenters. The monoisotopic (exact) mass is 382 g/mol. The predicted octanol–water partition coefficient (Wildman–Crippen LogP) is 3.27. The molecular formula is C23H22N6. The van der Waals surface area contributed by atoms with Crippen LogP contribution in [0.3, 0.4) is 0 Å². The van der Waals surface area contributed by atoms with Gasteiger partial charge in [0.25, 0.3) is 0 Å². The van der Waals surface area contributed by atoms with Gasteiger partial charge < -0.3 is 0 Å². The average Bonchev–Trinajstić information content (AvgIpc) is 3.41. The Balaban J connectivity index is 1.43. The lowest BCUT2D eigenvalue weighted by Gasteiger charge is -2.24. The molecule has 144 valence electrons. The van der Waals surface area contributed by atoms with Gasteiger partial charge in [0.2, 0.25) is 0 Å². The number of aryl methyl sites for hydroxylation is 1. The molecule has 0 N–H and O–H groups in total. The van der Waals surface area contributed by atoms with Crippen LogP contribution >= 0.6 is 0 Å². The molecular weight excluding hydrogens is 360 g/mol. The molecule has 0 fully saturated rings. The van der Waals surface area contributed by atoms with E-state index in [0.29, 0.717) is 0 Å². The van der Waals surface area contributed by atoms with Crippen LogP contribution in [-0.2, 0) is 26.6 Å². The maximum atomic E-state index is 4.81. The molecule has 1 aromatic carbocycles. The molecule has 6 nitrogen and oxygen atoms in total. The maximum Gasteiger partial charge on any atom is 0.0923 e. The van der Waals surface area contributed by atoms with Gasteiger partial charge in [-0.15, -0.1) is 0 Å². The van der Waals surface area contributed by atoms with Crippen LogP contribution in [0, 0.1) is 0 Å². The Kier molecular flexibility index (Phi) is 3.52. The zero-order valence-electron chi connectivity index (χ0n) is 16.6. The zero-order chi connectivity index (χ0) is 19.5. The third-order valence-electron chi connectivity index (χ3n) is 6.06. The summed E-state index contributed by atoms with van der Waals surface area (Å²) >= 11 is 0. The average molecular weight is 382 g/mol. The third kappa shape index (κ3) is 2.63. The number of aromatic nitrogens is 5. The van der Waals surface area contributed by atoms with Gasteiger partial charge in [-0.25, -0.2) is 0 Å². The zero-order valence-corrected chi connectivity index (χ0v) is 16.6. The van der Waals surface area contributed by atoms with Crippen LogP contribution < -0.4 is 0 Å². The van der Waals surface area contributed by atoms with E-state index in [1.54, 1.807) is 0 Å². The second-order valence-electron chi connectivity index (χ2n) is 8.08. The van der Waals surface area contributed by atoms with Gasteiger partial charge in [0, 0.05) is 61.0 Å². The van der Waals surface area contributed by atoms with Gasteiger partial charge in [-0.1, -0.05) is 12.1 Å². The minimum Gasteiger partial charge on any atom is -0.299 e. The molecule has 6 heteroatoms. The molecule has 0 amide bonds. The van der Waals surface area contributed by atoms with Gasteiger partial charge >= 0.3 is 0 Å². The summed E-state index contributed by atoms with van der Waals surface area (Å²) in [6.07, 6.45) is 9.25. The Morgan fingerprint density at radius 3 is 2.83 bits per heavy atom. The fourth-order valence-corrected chi connectivity index (χ4v) is 4.55. The SMILES string of the molecule is CN1CCn2ncc(-c3cnc4c(c3)C(c3ccc5nn(C)cc5c3)=CC4)c2C1. The first-order valence-corrected chi connectivity index (χ1v) is 10.0. The number of nitrogens with zero attached hydrogens (tertiary/aromatic N) is 6. The van der Waals surface area contributed by atoms with Crippen molar-refractivity contribution in [2.75, 3.05) is 13.6 Å². The minimum absolute atomic E-state index is 0.880. The smallest absolute Gasteiger partial charge is 0.0923 e. The van der Waals surface area contributed by atoms with E-state index in [9.17, 15) is 0 Å². The molecule has 29 heavy (non-hydrogen) atoms. The first-order valence-electron chi connectivity index (χ1n) is 10.0. The van der Waals surface area contributed by atoms with Crippen molar-refractivity contribution in [1.82, 2.24) is 29.4 Å². The molecule has 6 rings (SSSR count). The van der Waals surface area contributed by atoms with E-state index in [4.69, 9.17) is 4.98 Å². The second-order valence-corrected chi connectivity index (χ2v) is 8.08. The molecule has 3 aromatic heterocycles. The Bertz CT molecular complexity index is 1290. The molecule has 4 aromatic rings.